The van der Waals surface area contributed by atoms with Crippen LogP contribution in [-0.4, -0.2) is 18.4 Å². The van der Waals surface area contributed by atoms with Gasteiger partial charge < -0.3 is 15.2 Å². The average molecular weight is 440 g/mol. The topological polar surface area (TPSA) is 97.2 Å². The molecule has 0 bridgehead atoms. The second-order valence-electron chi connectivity index (χ2n) is 6.28. The summed E-state index contributed by atoms with van der Waals surface area (Å²) < 4.78 is 45.1. The van der Waals surface area contributed by atoms with Gasteiger partial charge in [0.1, 0.15) is 0 Å². The minimum absolute atomic E-state index is 0.126. The Morgan fingerprint density at radius 1 is 1.13 bits per heavy atom. The fourth-order valence-corrected chi connectivity index (χ4v) is 3.45. The van der Waals surface area contributed by atoms with Crippen LogP contribution in [0.2, 0.25) is 0 Å². The highest BCUT2D eigenvalue weighted by atomic mass is 32.1. The number of ether oxygens (including phenoxy) is 1. The molecular formula is C19H15F3N2O5S. The molecule has 2 aromatic heterocycles. The van der Waals surface area contributed by atoms with Crippen LogP contribution in [-0.2, 0) is 10.9 Å². The Labute approximate surface area is 172 Å². The van der Waals surface area contributed by atoms with Gasteiger partial charge in [0, 0.05) is 12.1 Å². The number of benzene rings is 1. The molecule has 3 rings (SSSR count). The maximum Gasteiger partial charge on any atom is 0.486 e. The van der Waals surface area contributed by atoms with Crippen molar-refractivity contribution in [3.63, 3.8) is 0 Å². The molecule has 0 radical (unpaired) electrons. The zero-order valence-electron chi connectivity index (χ0n) is 15.6. The van der Waals surface area contributed by atoms with Crippen molar-refractivity contribution in [3.8, 4) is 0 Å². The van der Waals surface area contributed by atoms with Gasteiger partial charge in [0.2, 0.25) is 0 Å². The summed E-state index contributed by atoms with van der Waals surface area (Å²) in [7, 11) is 0. The molecule has 158 valence electrons. The number of thiophene rings is 1. The highest BCUT2D eigenvalue weighted by Gasteiger charge is 2.51. The van der Waals surface area contributed by atoms with E-state index in [9.17, 15) is 33.2 Å². The highest BCUT2D eigenvalue weighted by molar-refractivity contribution is 7.12. The Morgan fingerprint density at radius 3 is 2.47 bits per heavy atom. The van der Waals surface area contributed by atoms with Crippen LogP contribution in [0.15, 0.2) is 35.7 Å². The lowest BCUT2D eigenvalue weighted by atomic mass is 10.1. The number of carbonyl (C=O) groups is 2. The van der Waals surface area contributed by atoms with E-state index >= 15 is 0 Å². The van der Waals surface area contributed by atoms with Gasteiger partial charge >= 0.3 is 23.5 Å². The number of hydrogen-bond donors (Lipinski definition) is 0. The molecule has 0 N–H and O–H groups in total. The molecule has 0 saturated heterocycles. The summed E-state index contributed by atoms with van der Waals surface area (Å²) in [6.07, 6.45) is -3.88. The van der Waals surface area contributed by atoms with Crippen LogP contribution in [0.4, 0.5) is 13.2 Å². The van der Waals surface area contributed by atoms with Gasteiger partial charge in [-0.15, -0.1) is 16.1 Å². The molecule has 1 aromatic carbocycles. The molecule has 30 heavy (non-hydrogen) atoms. The van der Waals surface area contributed by atoms with Crippen LogP contribution in [0.5, 0.6) is 0 Å². The molecule has 7 nitrogen and oxygen atoms in total. The van der Waals surface area contributed by atoms with E-state index < -0.39 is 45.1 Å². The standard InChI is InChI=1S/C19H15F3N2O5S/c1-2-3-8-29-18(26)11-6-7-12-13(10-11)23(27)15(16(25)14-5-4-9-30-14)17(24(12)28)19(20,21)22/h4-7,9-10H,2-3,8H2,1H3. The van der Waals surface area contributed by atoms with Gasteiger partial charge in [-0.05, 0) is 23.9 Å². The molecule has 0 atom stereocenters. The molecule has 0 amide bonds. The van der Waals surface area contributed by atoms with E-state index in [-0.39, 0.29) is 21.8 Å². The molecule has 0 saturated carbocycles. The third-order valence-corrected chi connectivity index (χ3v) is 5.11. The van der Waals surface area contributed by atoms with Crippen LogP contribution >= 0.6 is 11.3 Å². The number of alkyl halides is 3. The number of nitrogens with zero attached hydrogens (tertiary/aromatic N) is 2. The summed E-state index contributed by atoms with van der Waals surface area (Å²) in [5.41, 5.74) is -4.59. The molecule has 2 heterocycles. The normalized spacial score (nSPS) is 11.6. The zero-order chi connectivity index (χ0) is 22.1. The van der Waals surface area contributed by atoms with Crippen LogP contribution in [0.3, 0.4) is 0 Å². The fraction of sp³-hybridized carbons (Fsp3) is 0.263. The lowest BCUT2D eigenvalue weighted by Gasteiger charge is -2.14. The second-order valence-corrected chi connectivity index (χ2v) is 7.23. The number of aromatic nitrogens is 2. The van der Waals surface area contributed by atoms with Crippen molar-refractivity contribution in [3.05, 3.63) is 68.0 Å². The molecule has 0 aliphatic rings. The highest BCUT2D eigenvalue weighted by Crippen LogP contribution is 2.31. The number of rotatable bonds is 6. The van der Waals surface area contributed by atoms with E-state index in [1.807, 2.05) is 6.92 Å². The van der Waals surface area contributed by atoms with Gasteiger partial charge in [-0.1, -0.05) is 19.4 Å². The minimum Gasteiger partial charge on any atom is -0.618 e. The number of hydrogen-bond acceptors (Lipinski definition) is 6. The summed E-state index contributed by atoms with van der Waals surface area (Å²) in [6, 6.07) is 5.62. The molecule has 0 fully saturated rings. The van der Waals surface area contributed by atoms with Crippen LogP contribution in [0, 0.1) is 10.4 Å². The molecule has 0 aliphatic carbocycles. The summed E-state index contributed by atoms with van der Waals surface area (Å²) in [4.78, 5) is 24.6. The number of carbonyl (C=O) groups excluding carboxylic acids is 2. The monoisotopic (exact) mass is 440 g/mol. The number of halogens is 3. The third-order valence-electron chi connectivity index (χ3n) is 4.24. The van der Waals surface area contributed by atoms with Gasteiger partial charge in [0.25, 0.3) is 16.8 Å². The van der Waals surface area contributed by atoms with Crippen molar-refractivity contribution in [1.82, 2.24) is 0 Å². The van der Waals surface area contributed by atoms with Crippen molar-refractivity contribution < 1.29 is 37.0 Å². The Kier molecular flexibility index (Phi) is 5.92. The first kappa shape index (κ1) is 21.5. The second kappa shape index (κ2) is 8.27. The summed E-state index contributed by atoms with van der Waals surface area (Å²) in [6.45, 7) is 2.02. The quantitative estimate of drug-likeness (QED) is 0.192. The predicted octanol–water partition coefficient (Wildman–Crippen LogP) is 3.37. The first-order chi connectivity index (χ1) is 14.2. The van der Waals surface area contributed by atoms with Gasteiger partial charge in [-0.3, -0.25) is 4.79 Å². The minimum atomic E-state index is -5.26. The summed E-state index contributed by atoms with van der Waals surface area (Å²) in [5, 5.41) is 26.8. The largest absolute Gasteiger partial charge is 0.618 e. The SMILES string of the molecule is CCCCOC(=O)c1ccc2c(c1)[n+]([O-])c(C(=O)c1cccs1)c(C(F)(F)F)[n+]2[O-]. The zero-order valence-corrected chi connectivity index (χ0v) is 16.4. The van der Waals surface area contributed by atoms with Crippen molar-refractivity contribution in [2.24, 2.45) is 0 Å². The van der Waals surface area contributed by atoms with Gasteiger partial charge in [0.05, 0.1) is 17.0 Å². The molecule has 11 heteroatoms. The lowest BCUT2D eigenvalue weighted by molar-refractivity contribution is -0.647. The van der Waals surface area contributed by atoms with Crippen molar-refractivity contribution in [2.45, 2.75) is 25.9 Å². The van der Waals surface area contributed by atoms with Gasteiger partial charge in [-0.2, -0.15) is 17.9 Å². The van der Waals surface area contributed by atoms with E-state index in [1.165, 1.54) is 17.5 Å². The van der Waals surface area contributed by atoms with Gasteiger partial charge in [-0.25, -0.2) is 4.79 Å². The number of unbranched alkanes of at least 4 members (excludes halogenated alkanes) is 1. The molecule has 0 spiro atoms. The van der Waals surface area contributed by atoms with Crippen molar-refractivity contribution in [1.29, 1.82) is 0 Å². The maximum atomic E-state index is 13.6. The molecule has 3 aromatic rings. The summed E-state index contributed by atoms with van der Waals surface area (Å²) in [5.74, 6) is -2.04. The van der Waals surface area contributed by atoms with Crippen LogP contribution in [0.25, 0.3) is 11.0 Å². The first-order valence-electron chi connectivity index (χ1n) is 8.82. The van der Waals surface area contributed by atoms with Crippen LogP contribution in [0.1, 0.15) is 51.2 Å². The van der Waals surface area contributed by atoms with E-state index in [4.69, 9.17) is 4.74 Å². The molecular weight excluding hydrogens is 425 g/mol. The fourth-order valence-electron chi connectivity index (χ4n) is 2.78. The van der Waals surface area contributed by atoms with E-state index in [0.29, 0.717) is 6.42 Å². The van der Waals surface area contributed by atoms with Crippen LogP contribution < -0.4 is 9.46 Å². The van der Waals surface area contributed by atoms with E-state index in [1.54, 1.807) is 0 Å². The average Bonchev–Trinajstić information content (AvgIpc) is 3.23. The van der Waals surface area contributed by atoms with E-state index in [2.05, 4.69) is 0 Å². The predicted molar refractivity (Wildman–Crippen MR) is 99.8 cm³/mol. The lowest BCUT2D eigenvalue weighted by Crippen LogP contribution is -2.50. The Bertz CT molecular complexity index is 1110. The number of fused-ring (bicyclic) bond motifs is 1. The smallest absolute Gasteiger partial charge is 0.486 e. The Morgan fingerprint density at radius 2 is 1.87 bits per heavy atom. The molecule has 0 aliphatic heterocycles. The number of esters is 1. The van der Waals surface area contributed by atoms with E-state index in [0.717, 1.165) is 36.0 Å². The van der Waals surface area contributed by atoms with Gasteiger partial charge in [0.15, 0.2) is 0 Å². The Balaban J connectivity index is 2.23. The van der Waals surface area contributed by atoms with Crippen molar-refractivity contribution in [2.75, 3.05) is 6.61 Å². The maximum absolute atomic E-state index is 13.6. The van der Waals surface area contributed by atoms with Crippen molar-refractivity contribution >= 4 is 34.1 Å². The summed E-state index contributed by atoms with van der Waals surface area (Å²) >= 11 is 0.830. The third kappa shape index (κ3) is 3.92. The molecule has 0 unspecified atom stereocenters. The number of ketones is 1. The first-order valence-corrected chi connectivity index (χ1v) is 9.70. The Hall–Kier alpha value is -3.21.